The second-order valence-electron chi connectivity index (χ2n) is 1.97. The van der Waals surface area contributed by atoms with E-state index in [4.69, 9.17) is 0 Å². The van der Waals surface area contributed by atoms with Crippen LogP contribution in [-0.2, 0) is 5.33 Å². The molecule has 0 amide bonds. The molecule has 1 rings (SSSR count). The van der Waals surface area contributed by atoms with Crippen LogP contribution in [-0.4, -0.2) is 0 Å². The average molecular weight is 347 g/mol. The first kappa shape index (κ1) is 9.68. The van der Waals surface area contributed by atoms with Crippen LogP contribution in [0.4, 0.5) is 4.39 Å². The summed E-state index contributed by atoms with van der Waals surface area (Å²) in [7, 11) is 0. The third-order valence-electron chi connectivity index (χ3n) is 1.26. The quantitative estimate of drug-likeness (QED) is 0.527. The Bertz CT molecular complexity index is 273. The molecule has 0 fully saturated rings. The largest absolute Gasteiger partial charge is 0.205 e. The first-order valence-corrected chi connectivity index (χ1v) is 5.56. The average Bonchev–Trinajstić information content (AvgIpc) is 2.01. The summed E-state index contributed by atoms with van der Waals surface area (Å²) in [6.07, 6.45) is 0. The third kappa shape index (κ3) is 2.04. The molecule has 0 saturated carbocycles. The Hall–Kier alpha value is 0.590. The van der Waals surface area contributed by atoms with E-state index >= 15 is 0 Å². The molecule has 11 heavy (non-hydrogen) atoms. The van der Waals surface area contributed by atoms with Gasteiger partial charge in [0.15, 0.2) is 0 Å². The van der Waals surface area contributed by atoms with Crippen LogP contribution in [0, 0.1) is 5.82 Å². The Morgan fingerprint density at radius 3 is 2.45 bits per heavy atom. The molecule has 0 nitrogen and oxygen atoms in total. The summed E-state index contributed by atoms with van der Waals surface area (Å²) in [5.74, 6) is -0.212. The van der Waals surface area contributed by atoms with Gasteiger partial charge in [0.1, 0.15) is 5.82 Å². The zero-order valence-electron chi connectivity index (χ0n) is 5.37. The molecule has 0 saturated heterocycles. The van der Waals surface area contributed by atoms with Crippen molar-refractivity contribution in [3.05, 3.63) is 32.5 Å². The molecular formula is C7H4Br3F. The van der Waals surface area contributed by atoms with Crippen molar-refractivity contribution in [3.8, 4) is 0 Å². The summed E-state index contributed by atoms with van der Waals surface area (Å²) in [4.78, 5) is 0. The lowest BCUT2D eigenvalue weighted by Crippen LogP contribution is -1.87. The molecule has 0 unspecified atom stereocenters. The highest BCUT2D eigenvalue weighted by Crippen LogP contribution is 2.28. The minimum absolute atomic E-state index is 0.212. The first-order chi connectivity index (χ1) is 5.16. The molecule has 1 aromatic carbocycles. The van der Waals surface area contributed by atoms with Gasteiger partial charge in [-0.2, -0.15) is 0 Å². The fourth-order valence-electron chi connectivity index (χ4n) is 0.669. The summed E-state index contributed by atoms with van der Waals surface area (Å²) in [5, 5.41) is 0.532. The van der Waals surface area contributed by atoms with Gasteiger partial charge in [-0.05, 0) is 43.5 Å². The highest BCUT2D eigenvalue weighted by molar-refractivity contribution is 9.13. The molecule has 0 aliphatic heterocycles. The highest BCUT2D eigenvalue weighted by Gasteiger charge is 2.07. The topological polar surface area (TPSA) is 0 Å². The number of rotatable bonds is 1. The van der Waals surface area contributed by atoms with Crippen molar-refractivity contribution in [2.45, 2.75) is 5.33 Å². The number of hydrogen-bond acceptors (Lipinski definition) is 0. The number of halogens is 4. The molecule has 1 aromatic rings. The second kappa shape index (κ2) is 4.01. The van der Waals surface area contributed by atoms with Gasteiger partial charge in [0.05, 0.1) is 4.47 Å². The lowest BCUT2D eigenvalue weighted by Gasteiger charge is -2.01. The maximum Gasteiger partial charge on any atom is 0.142 e. The van der Waals surface area contributed by atoms with E-state index < -0.39 is 0 Å². The van der Waals surface area contributed by atoms with Crippen molar-refractivity contribution in [1.82, 2.24) is 0 Å². The van der Waals surface area contributed by atoms with Gasteiger partial charge >= 0.3 is 0 Å². The van der Waals surface area contributed by atoms with Gasteiger partial charge in [-0.15, -0.1) is 0 Å². The Labute approximate surface area is 89.6 Å². The minimum Gasteiger partial charge on any atom is -0.205 e. The van der Waals surface area contributed by atoms with Crippen LogP contribution in [0.2, 0.25) is 0 Å². The first-order valence-electron chi connectivity index (χ1n) is 2.85. The van der Waals surface area contributed by atoms with Crippen LogP contribution in [0.1, 0.15) is 5.56 Å². The minimum atomic E-state index is -0.212. The molecule has 0 aliphatic carbocycles. The Kier molecular flexibility index (Phi) is 3.52. The lowest BCUT2D eigenvalue weighted by atomic mass is 10.2. The summed E-state index contributed by atoms with van der Waals surface area (Å²) in [6, 6.07) is 3.54. The lowest BCUT2D eigenvalue weighted by molar-refractivity contribution is 0.610. The number of benzene rings is 1. The molecule has 60 valence electrons. The smallest absolute Gasteiger partial charge is 0.142 e. The summed E-state index contributed by atoms with van der Waals surface area (Å²) < 4.78 is 14.4. The molecule has 0 aromatic heterocycles. The van der Waals surface area contributed by atoms with Crippen molar-refractivity contribution in [3.63, 3.8) is 0 Å². The van der Waals surface area contributed by atoms with E-state index in [2.05, 4.69) is 47.8 Å². The monoisotopic (exact) mass is 344 g/mol. The van der Waals surface area contributed by atoms with Crippen molar-refractivity contribution >= 4 is 47.8 Å². The van der Waals surface area contributed by atoms with Crippen LogP contribution in [0.25, 0.3) is 0 Å². The SMILES string of the molecule is Fc1c(CBr)ccc(Br)c1Br. The second-order valence-corrected chi connectivity index (χ2v) is 4.18. The third-order valence-corrected chi connectivity index (χ3v) is 3.83. The van der Waals surface area contributed by atoms with E-state index in [1.54, 1.807) is 6.07 Å². The summed E-state index contributed by atoms with van der Waals surface area (Å²) in [6.45, 7) is 0. The van der Waals surface area contributed by atoms with E-state index in [0.717, 1.165) is 4.47 Å². The van der Waals surface area contributed by atoms with Crippen molar-refractivity contribution in [2.75, 3.05) is 0 Å². The van der Waals surface area contributed by atoms with Gasteiger partial charge in [-0.1, -0.05) is 22.0 Å². The zero-order chi connectivity index (χ0) is 8.43. The summed E-state index contributed by atoms with van der Waals surface area (Å²) >= 11 is 9.53. The van der Waals surface area contributed by atoms with Crippen molar-refractivity contribution in [1.29, 1.82) is 0 Å². The van der Waals surface area contributed by atoms with Gasteiger partial charge in [0.25, 0.3) is 0 Å². The molecule has 0 atom stereocenters. The molecule has 0 heterocycles. The van der Waals surface area contributed by atoms with Crippen LogP contribution < -0.4 is 0 Å². The fourth-order valence-corrected chi connectivity index (χ4v) is 1.80. The fraction of sp³-hybridized carbons (Fsp3) is 0.143. The van der Waals surface area contributed by atoms with E-state index in [1.807, 2.05) is 6.07 Å². The van der Waals surface area contributed by atoms with E-state index in [-0.39, 0.29) is 5.82 Å². The molecular weight excluding hydrogens is 343 g/mol. The van der Waals surface area contributed by atoms with E-state index in [0.29, 0.717) is 15.4 Å². The van der Waals surface area contributed by atoms with Crippen LogP contribution in [0.5, 0.6) is 0 Å². The van der Waals surface area contributed by atoms with Crippen molar-refractivity contribution < 1.29 is 4.39 Å². The highest BCUT2D eigenvalue weighted by atomic mass is 79.9. The predicted octanol–water partition coefficient (Wildman–Crippen LogP) is 4.25. The molecule has 0 N–H and O–H groups in total. The van der Waals surface area contributed by atoms with E-state index in [1.165, 1.54) is 0 Å². The maximum atomic E-state index is 13.2. The Balaban J connectivity index is 3.25. The maximum absolute atomic E-state index is 13.2. The molecule has 4 heteroatoms. The standard InChI is InChI=1S/C7H4Br3F/c8-3-4-1-2-5(9)6(10)7(4)11/h1-2H,3H2. The number of hydrogen-bond donors (Lipinski definition) is 0. The van der Waals surface area contributed by atoms with Crippen LogP contribution >= 0.6 is 47.8 Å². The van der Waals surface area contributed by atoms with Crippen molar-refractivity contribution in [2.24, 2.45) is 0 Å². The molecule has 0 spiro atoms. The van der Waals surface area contributed by atoms with Gasteiger partial charge in [-0.3, -0.25) is 0 Å². The molecule has 0 aliphatic rings. The Morgan fingerprint density at radius 2 is 1.91 bits per heavy atom. The zero-order valence-corrected chi connectivity index (χ0v) is 10.1. The van der Waals surface area contributed by atoms with E-state index in [9.17, 15) is 4.39 Å². The summed E-state index contributed by atoms with van der Waals surface area (Å²) in [5.41, 5.74) is 0.653. The van der Waals surface area contributed by atoms with Crippen LogP contribution in [0.15, 0.2) is 21.1 Å². The Morgan fingerprint density at radius 1 is 1.27 bits per heavy atom. The predicted molar refractivity (Wildman–Crippen MR) is 54.4 cm³/mol. The van der Waals surface area contributed by atoms with Crippen LogP contribution in [0.3, 0.4) is 0 Å². The molecule has 0 bridgehead atoms. The normalized spacial score (nSPS) is 10.2. The number of alkyl halides is 1. The van der Waals surface area contributed by atoms with Gasteiger partial charge in [0.2, 0.25) is 0 Å². The van der Waals surface area contributed by atoms with Gasteiger partial charge in [0, 0.05) is 9.80 Å². The van der Waals surface area contributed by atoms with Gasteiger partial charge in [-0.25, -0.2) is 4.39 Å². The molecule has 0 radical (unpaired) electrons. The van der Waals surface area contributed by atoms with Gasteiger partial charge < -0.3 is 0 Å².